The minimum atomic E-state index is -4.48. The quantitative estimate of drug-likeness (QED) is 0.699. The Morgan fingerprint density at radius 3 is 2.71 bits per heavy atom. The largest absolute Gasteiger partial charge is 0.491 e. The van der Waals surface area contributed by atoms with Crippen molar-refractivity contribution in [2.45, 2.75) is 32.0 Å². The standard InChI is InChI=1S/C22H23F3N2O4/c1-2-20(29)27-9-8-14-10-15(6-7-19(14)27)21(30)26-12-17(28)13-31-18-5-3-4-16(11-18)22(23,24)25/h3-7,10-11,17,28H,2,8-9,12-13H2,1H3,(H,26,30). The molecule has 0 aromatic heterocycles. The molecule has 1 unspecified atom stereocenters. The van der Waals surface area contributed by atoms with Gasteiger partial charge in [-0.2, -0.15) is 13.2 Å². The van der Waals surface area contributed by atoms with Crippen molar-refractivity contribution in [3.05, 3.63) is 59.2 Å². The van der Waals surface area contributed by atoms with Crippen molar-refractivity contribution in [3.8, 4) is 5.75 Å². The Morgan fingerprint density at radius 2 is 2.00 bits per heavy atom. The monoisotopic (exact) mass is 436 g/mol. The third-order valence-electron chi connectivity index (χ3n) is 4.94. The van der Waals surface area contributed by atoms with Crippen LogP contribution >= 0.6 is 0 Å². The van der Waals surface area contributed by atoms with Crippen LogP contribution in [-0.2, 0) is 17.4 Å². The van der Waals surface area contributed by atoms with Crippen LogP contribution in [0.15, 0.2) is 42.5 Å². The van der Waals surface area contributed by atoms with Crippen LogP contribution in [0.4, 0.5) is 18.9 Å². The summed E-state index contributed by atoms with van der Waals surface area (Å²) in [4.78, 5) is 26.0. The second-order valence-electron chi connectivity index (χ2n) is 7.19. The van der Waals surface area contributed by atoms with Crippen molar-refractivity contribution in [1.29, 1.82) is 0 Å². The number of alkyl halides is 3. The number of carbonyl (C=O) groups is 2. The first-order valence-corrected chi connectivity index (χ1v) is 9.88. The Morgan fingerprint density at radius 1 is 1.23 bits per heavy atom. The molecule has 1 aliphatic heterocycles. The van der Waals surface area contributed by atoms with Gasteiger partial charge in [0.15, 0.2) is 0 Å². The van der Waals surface area contributed by atoms with Gasteiger partial charge >= 0.3 is 6.18 Å². The normalized spacial score (nSPS) is 14.2. The summed E-state index contributed by atoms with van der Waals surface area (Å²) in [6.07, 6.45) is -4.52. The lowest BCUT2D eigenvalue weighted by molar-refractivity contribution is -0.137. The van der Waals surface area contributed by atoms with Gasteiger partial charge in [-0.1, -0.05) is 13.0 Å². The van der Waals surface area contributed by atoms with Crippen molar-refractivity contribution in [2.24, 2.45) is 0 Å². The van der Waals surface area contributed by atoms with E-state index in [1.165, 1.54) is 12.1 Å². The molecule has 166 valence electrons. The summed E-state index contributed by atoms with van der Waals surface area (Å²) < 4.78 is 43.4. The number of amides is 2. The molecule has 2 amide bonds. The van der Waals surface area contributed by atoms with E-state index in [1.54, 1.807) is 30.0 Å². The molecule has 2 aromatic rings. The molecule has 1 atom stereocenters. The second-order valence-corrected chi connectivity index (χ2v) is 7.19. The predicted molar refractivity (Wildman–Crippen MR) is 108 cm³/mol. The molecule has 9 heteroatoms. The maximum atomic E-state index is 12.7. The molecule has 2 aromatic carbocycles. The minimum Gasteiger partial charge on any atom is -0.491 e. The Kier molecular flexibility index (Phi) is 6.84. The van der Waals surface area contributed by atoms with Crippen LogP contribution in [0.3, 0.4) is 0 Å². The van der Waals surface area contributed by atoms with E-state index in [0.29, 0.717) is 24.9 Å². The Hall–Kier alpha value is -3.07. The fourth-order valence-corrected chi connectivity index (χ4v) is 3.32. The first kappa shape index (κ1) is 22.6. The van der Waals surface area contributed by atoms with Crippen LogP contribution in [0.2, 0.25) is 0 Å². The zero-order valence-corrected chi connectivity index (χ0v) is 16.9. The number of carbonyl (C=O) groups excluding carboxylic acids is 2. The lowest BCUT2D eigenvalue weighted by atomic mass is 10.1. The molecular formula is C22H23F3N2O4. The first-order valence-electron chi connectivity index (χ1n) is 9.88. The summed E-state index contributed by atoms with van der Waals surface area (Å²) >= 11 is 0. The van der Waals surface area contributed by atoms with E-state index in [1.807, 2.05) is 0 Å². The Labute approximate surface area is 177 Å². The van der Waals surface area contributed by atoms with Gasteiger partial charge < -0.3 is 20.1 Å². The van der Waals surface area contributed by atoms with Gasteiger partial charge in [0.05, 0.1) is 5.56 Å². The van der Waals surface area contributed by atoms with Gasteiger partial charge in [-0.25, -0.2) is 0 Å². The number of benzene rings is 2. The number of aliphatic hydroxyl groups is 1. The maximum absolute atomic E-state index is 12.7. The zero-order chi connectivity index (χ0) is 22.6. The molecule has 0 radical (unpaired) electrons. The van der Waals surface area contributed by atoms with Gasteiger partial charge in [0.1, 0.15) is 18.5 Å². The molecule has 3 rings (SSSR count). The number of nitrogens with one attached hydrogen (secondary N) is 1. The number of fused-ring (bicyclic) bond motifs is 1. The number of ether oxygens (including phenoxy) is 1. The van der Waals surface area contributed by atoms with E-state index in [4.69, 9.17) is 4.74 Å². The highest BCUT2D eigenvalue weighted by Crippen LogP contribution is 2.31. The summed E-state index contributed by atoms with van der Waals surface area (Å²) in [7, 11) is 0. The minimum absolute atomic E-state index is 0.0231. The van der Waals surface area contributed by atoms with Crippen molar-refractivity contribution in [1.82, 2.24) is 5.32 Å². The van der Waals surface area contributed by atoms with Gasteiger partial charge in [0.25, 0.3) is 5.91 Å². The average molecular weight is 436 g/mol. The van der Waals surface area contributed by atoms with Gasteiger partial charge in [-0.3, -0.25) is 9.59 Å². The van der Waals surface area contributed by atoms with Crippen LogP contribution in [0.1, 0.15) is 34.8 Å². The number of aliphatic hydroxyl groups excluding tert-OH is 1. The van der Waals surface area contributed by atoms with E-state index in [9.17, 15) is 27.9 Å². The molecule has 2 N–H and O–H groups in total. The Balaban J connectivity index is 1.51. The van der Waals surface area contributed by atoms with E-state index < -0.39 is 23.8 Å². The molecule has 1 aliphatic rings. The summed E-state index contributed by atoms with van der Waals surface area (Å²) in [6.45, 7) is 1.97. The molecule has 0 bridgehead atoms. The SMILES string of the molecule is CCC(=O)N1CCc2cc(C(=O)NCC(O)COc3cccc(C(F)(F)F)c3)ccc21. The third kappa shape index (κ3) is 5.55. The summed E-state index contributed by atoms with van der Waals surface area (Å²) in [5.74, 6) is -0.397. The van der Waals surface area contributed by atoms with E-state index in [0.717, 1.165) is 23.4 Å². The molecule has 0 saturated carbocycles. The highest BCUT2D eigenvalue weighted by molar-refractivity contribution is 5.98. The van der Waals surface area contributed by atoms with Crippen LogP contribution in [0.5, 0.6) is 5.75 Å². The lowest BCUT2D eigenvalue weighted by Crippen LogP contribution is -2.35. The fraction of sp³-hybridized carbons (Fsp3) is 0.364. The smallest absolute Gasteiger partial charge is 0.416 e. The summed E-state index contributed by atoms with van der Waals surface area (Å²) in [5, 5.41) is 12.6. The van der Waals surface area contributed by atoms with Gasteiger partial charge in [0, 0.05) is 30.8 Å². The van der Waals surface area contributed by atoms with Crippen LogP contribution in [0, 0.1) is 0 Å². The Bertz CT molecular complexity index is 962. The molecule has 0 fully saturated rings. The third-order valence-corrected chi connectivity index (χ3v) is 4.94. The first-order chi connectivity index (χ1) is 14.7. The molecular weight excluding hydrogens is 413 g/mol. The van der Waals surface area contributed by atoms with Gasteiger partial charge in [0.2, 0.25) is 5.91 Å². The second kappa shape index (κ2) is 9.38. The molecule has 1 heterocycles. The molecule has 31 heavy (non-hydrogen) atoms. The van der Waals surface area contributed by atoms with E-state index in [-0.39, 0.29) is 24.8 Å². The fourth-order valence-electron chi connectivity index (χ4n) is 3.32. The predicted octanol–water partition coefficient (Wildman–Crippen LogP) is 3.17. The topological polar surface area (TPSA) is 78.9 Å². The van der Waals surface area contributed by atoms with Crippen LogP contribution in [0.25, 0.3) is 0 Å². The van der Waals surface area contributed by atoms with Crippen molar-refractivity contribution < 1.29 is 32.6 Å². The lowest BCUT2D eigenvalue weighted by Gasteiger charge is -2.17. The highest BCUT2D eigenvalue weighted by atomic mass is 19.4. The molecule has 6 nitrogen and oxygen atoms in total. The zero-order valence-electron chi connectivity index (χ0n) is 16.9. The molecule has 0 aliphatic carbocycles. The summed E-state index contributed by atoms with van der Waals surface area (Å²) in [6, 6.07) is 9.42. The highest BCUT2D eigenvalue weighted by Gasteiger charge is 2.30. The average Bonchev–Trinajstić information content (AvgIpc) is 3.18. The number of anilines is 1. The van der Waals surface area contributed by atoms with Crippen molar-refractivity contribution in [2.75, 3.05) is 24.6 Å². The number of nitrogens with zero attached hydrogens (tertiary/aromatic N) is 1. The molecule has 0 saturated heterocycles. The summed E-state index contributed by atoms with van der Waals surface area (Å²) in [5.41, 5.74) is 1.26. The van der Waals surface area contributed by atoms with Crippen molar-refractivity contribution in [3.63, 3.8) is 0 Å². The maximum Gasteiger partial charge on any atom is 0.416 e. The number of halogens is 3. The van der Waals surface area contributed by atoms with Gasteiger partial charge in [-0.05, 0) is 48.4 Å². The number of hydrogen-bond acceptors (Lipinski definition) is 4. The number of hydrogen-bond donors (Lipinski definition) is 2. The van der Waals surface area contributed by atoms with E-state index in [2.05, 4.69) is 5.32 Å². The van der Waals surface area contributed by atoms with Crippen molar-refractivity contribution >= 4 is 17.5 Å². The number of rotatable bonds is 7. The van der Waals surface area contributed by atoms with E-state index >= 15 is 0 Å². The van der Waals surface area contributed by atoms with Crippen LogP contribution < -0.4 is 15.0 Å². The van der Waals surface area contributed by atoms with Crippen LogP contribution in [-0.4, -0.2) is 42.7 Å². The molecule has 0 spiro atoms. The van der Waals surface area contributed by atoms with Gasteiger partial charge in [-0.15, -0.1) is 0 Å².